The molecule has 1 fully saturated rings. The number of hydrogen-bond acceptors (Lipinski definition) is 5. The van der Waals surface area contributed by atoms with Crippen LogP contribution in [0.15, 0.2) is 48.8 Å². The number of nitrogens with one attached hydrogen (secondary N) is 1. The molecular weight excluding hydrogens is 424 g/mol. The molecule has 1 N–H and O–H groups in total. The van der Waals surface area contributed by atoms with E-state index in [9.17, 15) is 13.6 Å². The molecule has 3 aromatic rings. The van der Waals surface area contributed by atoms with Gasteiger partial charge in [-0.1, -0.05) is 25.5 Å². The fourth-order valence-electron chi connectivity index (χ4n) is 4.67. The molecule has 1 aliphatic heterocycles. The Hall–Kier alpha value is -3.19. The number of anilines is 1. The summed E-state index contributed by atoms with van der Waals surface area (Å²) in [5.74, 6) is -0.956. The molecule has 7 heteroatoms. The lowest BCUT2D eigenvalue weighted by molar-refractivity contribution is -0.0851. The minimum Gasteiger partial charge on any atom is -0.387 e. The van der Waals surface area contributed by atoms with E-state index in [4.69, 9.17) is 4.74 Å². The van der Waals surface area contributed by atoms with Crippen molar-refractivity contribution in [1.29, 1.82) is 0 Å². The fraction of sp³-hybridized carbons (Fsp3) is 0.346. The lowest BCUT2D eigenvalue weighted by atomic mass is 9.83. The average Bonchev–Trinajstić information content (AvgIpc) is 2.85. The topological polar surface area (TPSA) is 64.1 Å². The number of pyridine rings is 2. The standard InChI is InChI=1S/C26H27F2N3O2/c1-3-16-7-10-23(19-11-12-30-14-22(19)29-2)33-24(16)13-17-5-4-6-20(27)25(17)26-21(28)9-8-18(15-32)31-26/h4-6,8-9,11-12,14-16,23-24,29H,3,7,10,13H2,1-2H3/t16?,23?,24-/m1/s1. The molecule has 1 saturated heterocycles. The Morgan fingerprint density at radius 1 is 1.15 bits per heavy atom. The summed E-state index contributed by atoms with van der Waals surface area (Å²) in [6.45, 7) is 2.12. The number of hydrogen-bond donors (Lipinski definition) is 1. The van der Waals surface area contributed by atoms with Gasteiger partial charge in [0.1, 0.15) is 23.0 Å². The summed E-state index contributed by atoms with van der Waals surface area (Å²) in [5, 5.41) is 3.17. The Kier molecular flexibility index (Phi) is 7.08. The second-order valence-corrected chi connectivity index (χ2v) is 8.28. The smallest absolute Gasteiger partial charge is 0.168 e. The number of nitrogens with zero attached hydrogens (tertiary/aromatic N) is 2. The van der Waals surface area contributed by atoms with Crippen LogP contribution in [0.4, 0.5) is 14.5 Å². The van der Waals surface area contributed by atoms with E-state index in [1.165, 1.54) is 12.1 Å². The molecule has 172 valence electrons. The zero-order valence-electron chi connectivity index (χ0n) is 18.7. The van der Waals surface area contributed by atoms with Crippen LogP contribution in [0, 0.1) is 17.6 Å². The van der Waals surface area contributed by atoms with Crippen LogP contribution in [0.3, 0.4) is 0 Å². The van der Waals surface area contributed by atoms with Crippen LogP contribution >= 0.6 is 0 Å². The van der Waals surface area contributed by atoms with E-state index in [1.807, 2.05) is 13.1 Å². The zero-order chi connectivity index (χ0) is 23.4. The van der Waals surface area contributed by atoms with E-state index in [2.05, 4.69) is 22.2 Å². The normalized spacial score (nSPS) is 20.4. The zero-order valence-corrected chi connectivity index (χ0v) is 18.7. The summed E-state index contributed by atoms with van der Waals surface area (Å²) in [6.07, 6.45) is 6.94. The van der Waals surface area contributed by atoms with E-state index < -0.39 is 11.6 Å². The first kappa shape index (κ1) is 23.0. The van der Waals surface area contributed by atoms with Gasteiger partial charge in [0.15, 0.2) is 6.29 Å². The maximum atomic E-state index is 15.0. The summed E-state index contributed by atoms with van der Waals surface area (Å²) >= 11 is 0. The molecule has 3 heterocycles. The van der Waals surface area contributed by atoms with Gasteiger partial charge in [0.2, 0.25) is 0 Å². The monoisotopic (exact) mass is 451 g/mol. The van der Waals surface area contributed by atoms with Crippen molar-refractivity contribution in [3.63, 3.8) is 0 Å². The fourth-order valence-corrected chi connectivity index (χ4v) is 4.67. The third kappa shape index (κ3) is 4.78. The summed E-state index contributed by atoms with van der Waals surface area (Å²) in [4.78, 5) is 19.4. The van der Waals surface area contributed by atoms with Crippen molar-refractivity contribution < 1.29 is 18.3 Å². The van der Waals surface area contributed by atoms with Crippen LogP contribution in [0.2, 0.25) is 0 Å². The molecule has 0 radical (unpaired) electrons. The van der Waals surface area contributed by atoms with Crippen molar-refractivity contribution in [1.82, 2.24) is 9.97 Å². The number of carbonyl (C=O) groups is 1. The van der Waals surface area contributed by atoms with Crippen LogP contribution in [-0.2, 0) is 11.2 Å². The molecule has 3 atom stereocenters. The molecule has 2 unspecified atom stereocenters. The van der Waals surface area contributed by atoms with Gasteiger partial charge in [-0.15, -0.1) is 0 Å². The highest BCUT2D eigenvalue weighted by molar-refractivity contribution is 5.75. The Balaban J connectivity index is 1.69. The lowest BCUT2D eigenvalue weighted by Gasteiger charge is -2.37. The first-order valence-corrected chi connectivity index (χ1v) is 11.2. The molecule has 4 rings (SSSR count). The predicted molar refractivity (Wildman–Crippen MR) is 123 cm³/mol. The minimum absolute atomic E-state index is 0.0540. The van der Waals surface area contributed by atoms with Crippen molar-refractivity contribution in [3.8, 4) is 11.3 Å². The van der Waals surface area contributed by atoms with Gasteiger partial charge >= 0.3 is 0 Å². The molecule has 0 aliphatic carbocycles. The Labute approximate surface area is 192 Å². The molecule has 33 heavy (non-hydrogen) atoms. The summed E-state index contributed by atoms with van der Waals surface area (Å²) < 4.78 is 36.2. The van der Waals surface area contributed by atoms with Crippen LogP contribution in [0.1, 0.15) is 53.9 Å². The second kappa shape index (κ2) is 10.2. The average molecular weight is 452 g/mol. The molecule has 0 saturated carbocycles. The van der Waals surface area contributed by atoms with Crippen molar-refractivity contribution in [2.75, 3.05) is 12.4 Å². The van der Waals surface area contributed by atoms with Gasteiger partial charge in [0.25, 0.3) is 0 Å². The van der Waals surface area contributed by atoms with Gasteiger partial charge in [-0.2, -0.15) is 0 Å². The third-order valence-electron chi connectivity index (χ3n) is 6.41. The predicted octanol–water partition coefficient (Wildman–Crippen LogP) is 5.77. The SMILES string of the molecule is CCC1CCC(c2ccncc2NC)O[C@@H]1Cc1cccc(F)c1-c1nc(C=O)ccc1F. The lowest BCUT2D eigenvalue weighted by Crippen LogP contribution is -2.33. The number of aldehydes is 1. The van der Waals surface area contributed by atoms with Crippen LogP contribution in [-0.4, -0.2) is 29.4 Å². The molecule has 1 aliphatic rings. The molecule has 0 spiro atoms. The Bertz CT molecular complexity index is 1140. The maximum Gasteiger partial charge on any atom is 0.168 e. The molecule has 2 aromatic heterocycles. The van der Waals surface area contributed by atoms with Crippen molar-refractivity contribution in [3.05, 3.63) is 77.2 Å². The highest BCUT2D eigenvalue weighted by atomic mass is 19.1. The molecule has 0 amide bonds. The molecule has 5 nitrogen and oxygen atoms in total. The largest absolute Gasteiger partial charge is 0.387 e. The van der Waals surface area contributed by atoms with Crippen LogP contribution in [0.5, 0.6) is 0 Å². The van der Waals surface area contributed by atoms with Gasteiger partial charge < -0.3 is 10.1 Å². The van der Waals surface area contributed by atoms with Gasteiger partial charge in [-0.25, -0.2) is 13.8 Å². The van der Waals surface area contributed by atoms with Crippen molar-refractivity contribution in [2.45, 2.75) is 44.8 Å². The summed E-state index contributed by atoms with van der Waals surface area (Å²) in [5.41, 5.74) is 2.55. The van der Waals surface area contributed by atoms with Crippen LogP contribution < -0.4 is 5.32 Å². The third-order valence-corrected chi connectivity index (χ3v) is 6.41. The summed E-state index contributed by atoms with van der Waals surface area (Å²) in [6, 6.07) is 9.05. The van der Waals surface area contributed by atoms with Gasteiger partial charge in [-0.05, 0) is 55.0 Å². The maximum absolute atomic E-state index is 15.0. The number of ether oxygens (including phenoxy) is 1. The molecule has 1 aromatic carbocycles. The van der Waals surface area contributed by atoms with Gasteiger partial charge in [-0.3, -0.25) is 9.78 Å². The highest BCUT2D eigenvalue weighted by Crippen LogP contribution is 2.40. The highest BCUT2D eigenvalue weighted by Gasteiger charge is 2.33. The molecule has 0 bridgehead atoms. The van der Waals surface area contributed by atoms with Gasteiger partial charge in [0, 0.05) is 24.4 Å². The number of rotatable bonds is 7. The van der Waals surface area contributed by atoms with E-state index in [0.29, 0.717) is 18.3 Å². The van der Waals surface area contributed by atoms with E-state index in [1.54, 1.807) is 24.5 Å². The summed E-state index contributed by atoms with van der Waals surface area (Å²) in [7, 11) is 1.85. The number of aromatic nitrogens is 2. The van der Waals surface area contributed by atoms with Crippen LogP contribution in [0.25, 0.3) is 11.3 Å². The van der Waals surface area contributed by atoms with Crippen molar-refractivity contribution >= 4 is 12.0 Å². The second-order valence-electron chi connectivity index (χ2n) is 8.28. The van der Waals surface area contributed by atoms with E-state index >= 15 is 0 Å². The first-order chi connectivity index (χ1) is 16.0. The minimum atomic E-state index is -0.670. The number of carbonyl (C=O) groups excluding carboxylic acids is 1. The van der Waals surface area contributed by atoms with E-state index in [0.717, 1.165) is 36.6 Å². The Morgan fingerprint density at radius 3 is 2.76 bits per heavy atom. The number of benzene rings is 1. The Morgan fingerprint density at radius 2 is 2.00 bits per heavy atom. The van der Waals surface area contributed by atoms with E-state index in [-0.39, 0.29) is 35.1 Å². The van der Waals surface area contributed by atoms with Crippen molar-refractivity contribution in [2.24, 2.45) is 5.92 Å². The number of halogens is 2. The van der Waals surface area contributed by atoms with Gasteiger partial charge in [0.05, 0.1) is 24.1 Å². The quantitative estimate of drug-likeness (QED) is 0.463. The molecular formula is C26H27F2N3O2. The first-order valence-electron chi connectivity index (χ1n) is 11.2.